The first-order valence-corrected chi connectivity index (χ1v) is 5.73. The third-order valence-electron chi connectivity index (χ3n) is 3.15. The van der Waals surface area contributed by atoms with Crippen molar-refractivity contribution in [1.29, 1.82) is 0 Å². The second kappa shape index (κ2) is 4.33. The van der Waals surface area contributed by atoms with Gasteiger partial charge in [0.15, 0.2) is 0 Å². The van der Waals surface area contributed by atoms with Crippen molar-refractivity contribution in [3.05, 3.63) is 35.4 Å². The maximum atomic E-state index is 5.86. The molecule has 0 fully saturated rings. The molecule has 0 bridgehead atoms. The molecule has 2 rings (SSSR count). The Bertz CT molecular complexity index is 333. The molecule has 1 aliphatic rings. The highest BCUT2D eigenvalue weighted by Crippen LogP contribution is 2.22. The van der Waals surface area contributed by atoms with Gasteiger partial charge >= 0.3 is 0 Å². The average molecular weight is 204 g/mol. The van der Waals surface area contributed by atoms with Crippen molar-refractivity contribution in [2.24, 2.45) is 5.73 Å². The van der Waals surface area contributed by atoms with Gasteiger partial charge in [0.2, 0.25) is 0 Å². The van der Waals surface area contributed by atoms with E-state index in [0.29, 0.717) is 6.04 Å². The minimum atomic E-state index is 0.262. The van der Waals surface area contributed by atoms with E-state index in [9.17, 15) is 0 Å². The van der Waals surface area contributed by atoms with Crippen LogP contribution < -0.4 is 5.73 Å². The molecule has 1 aliphatic heterocycles. The quantitative estimate of drug-likeness (QED) is 0.795. The van der Waals surface area contributed by atoms with E-state index in [1.807, 2.05) is 0 Å². The lowest BCUT2D eigenvalue weighted by atomic mass is 9.94. The second-order valence-corrected chi connectivity index (χ2v) is 4.73. The molecule has 0 saturated heterocycles. The van der Waals surface area contributed by atoms with Crippen molar-refractivity contribution in [2.75, 3.05) is 6.54 Å². The van der Waals surface area contributed by atoms with Gasteiger partial charge in [-0.1, -0.05) is 24.3 Å². The van der Waals surface area contributed by atoms with Crippen LogP contribution in [-0.2, 0) is 13.0 Å². The number of nitrogens with zero attached hydrogens (tertiary/aromatic N) is 1. The van der Waals surface area contributed by atoms with Crippen LogP contribution in [0.4, 0.5) is 0 Å². The van der Waals surface area contributed by atoms with Gasteiger partial charge in [0.25, 0.3) is 0 Å². The molecule has 2 unspecified atom stereocenters. The van der Waals surface area contributed by atoms with Crippen LogP contribution in [-0.4, -0.2) is 23.5 Å². The number of hydrogen-bond acceptors (Lipinski definition) is 2. The molecule has 0 radical (unpaired) electrons. The van der Waals surface area contributed by atoms with Crippen molar-refractivity contribution < 1.29 is 0 Å². The summed E-state index contributed by atoms with van der Waals surface area (Å²) in [6.07, 6.45) is 1.16. The van der Waals surface area contributed by atoms with E-state index in [2.05, 4.69) is 43.0 Å². The van der Waals surface area contributed by atoms with Gasteiger partial charge in [-0.3, -0.25) is 4.90 Å². The van der Waals surface area contributed by atoms with E-state index in [0.717, 1.165) is 19.5 Å². The Morgan fingerprint density at radius 1 is 1.40 bits per heavy atom. The van der Waals surface area contributed by atoms with E-state index < -0.39 is 0 Å². The minimum absolute atomic E-state index is 0.262. The zero-order valence-corrected chi connectivity index (χ0v) is 9.61. The number of benzene rings is 1. The molecular formula is C13H20N2. The van der Waals surface area contributed by atoms with Gasteiger partial charge in [-0.05, 0) is 31.4 Å². The Hall–Kier alpha value is -0.860. The molecular weight excluding hydrogens is 184 g/mol. The van der Waals surface area contributed by atoms with Crippen molar-refractivity contribution >= 4 is 0 Å². The van der Waals surface area contributed by atoms with Crippen LogP contribution in [0.2, 0.25) is 0 Å². The number of nitrogens with two attached hydrogens (primary N) is 1. The fraction of sp³-hybridized carbons (Fsp3) is 0.538. The first kappa shape index (κ1) is 10.7. The first-order chi connectivity index (χ1) is 7.16. The van der Waals surface area contributed by atoms with E-state index >= 15 is 0 Å². The summed E-state index contributed by atoms with van der Waals surface area (Å²) in [5.41, 5.74) is 8.84. The number of hydrogen-bond donors (Lipinski definition) is 1. The first-order valence-electron chi connectivity index (χ1n) is 5.73. The Morgan fingerprint density at radius 2 is 2.07 bits per heavy atom. The Kier molecular flexibility index (Phi) is 3.08. The summed E-state index contributed by atoms with van der Waals surface area (Å²) in [5.74, 6) is 0. The summed E-state index contributed by atoms with van der Waals surface area (Å²) in [6.45, 7) is 6.42. The van der Waals surface area contributed by atoms with Crippen LogP contribution >= 0.6 is 0 Å². The van der Waals surface area contributed by atoms with Crippen LogP contribution in [0.3, 0.4) is 0 Å². The Morgan fingerprint density at radius 3 is 2.73 bits per heavy atom. The molecule has 0 amide bonds. The van der Waals surface area contributed by atoms with Crippen molar-refractivity contribution in [3.8, 4) is 0 Å². The summed E-state index contributed by atoms with van der Waals surface area (Å²) >= 11 is 0. The number of rotatable bonds is 2. The van der Waals surface area contributed by atoms with Crippen LogP contribution in [0.25, 0.3) is 0 Å². The molecule has 0 aliphatic carbocycles. The maximum Gasteiger partial charge on any atom is 0.0240 e. The Balaban J connectivity index is 2.14. The van der Waals surface area contributed by atoms with Gasteiger partial charge in [-0.25, -0.2) is 0 Å². The zero-order chi connectivity index (χ0) is 10.8. The molecule has 82 valence electrons. The lowest BCUT2D eigenvalue weighted by Crippen LogP contribution is -2.44. The van der Waals surface area contributed by atoms with Gasteiger partial charge < -0.3 is 5.73 Å². The van der Waals surface area contributed by atoms with Crippen LogP contribution in [0, 0.1) is 0 Å². The molecule has 0 spiro atoms. The van der Waals surface area contributed by atoms with E-state index in [1.54, 1.807) is 0 Å². The summed E-state index contributed by atoms with van der Waals surface area (Å²) in [6, 6.07) is 9.61. The van der Waals surface area contributed by atoms with E-state index in [1.165, 1.54) is 11.1 Å². The highest BCUT2D eigenvalue weighted by atomic mass is 15.2. The van der Waals surface area contributed by atoms with Gasteiger partial charge in [0, 0.05) is 25.2 Å². The Labute approximate surface area is 92.1 Å². The van der Waals surface area contributed by atoms with Crippen LogP contribution in [0.1, 0.15) is 25.0 Å². The summed E-state index contributed by atoms with van der Waals surface area (Å²) in [7, 11) is 0. The van der Waals surface area contributed by atoms with Crippen molar-refractivity contribution in [2.45, 2.75) is 38.9 Å². The second-order valence-electron chi connectivity index (χ2n) is 4.73. The van der Waals surface area contributed by atoms with Gasteiger partial charge in [0.1, 0.15) is 0 Å². The predicted molar refractivity (Wildman–Crippen MR) is 63.7 cm³/mol. The normalized spacial score (nSPS) is 23.5. The third kappa shape index (κ3) is 2.39. The highest BCUT2D eigenvalue weighted by molar-refractivity contribution is 5.29. The predicted octanol–water partition coefficient (Wildman–Crippen LogP) is 1.78. The van der Waals surface area contributed by atoms with Crippen LogP contribution in [0.5, 0.6) is 0 Å². The molecule has 0 aromatic heterocycles. The van der Waals surface area contributed by atoms with Crippen molar-refractivity contribution in [1.82, 2.24) is 4.90 Å². The molecule has 2 atom stereocenters. The number of fused-ring (bicyclic) bond motifs is 1. The van der Waals surface area contributed by atoms with Gasteiger partial charge in [-0.2, -0.15) is 0 Å². The van der Waals surface area contributed by atoms with Crippen LogP contribution in [0.15, 0.2) is 24.3 Å². The zero-order valence-electron chi connectivity index (χ0n) is 9.61. The third-order valence-corrected chi connectivity index (χ3v) is 3.15. The summed E-state index contributed by atoms with van der Waals surface area (Å²) < 4.78 is 0. The molecule has 1 heterocycles. The standard InChI is InChI=1S/C13H20N2/c1-10(14)8-15-9-13-6-4-3-5-12(13)7-11(15)2/h3-6,10-11H,7-9,14H2,1-2H3. The topological polar surface area (TPSA) is 29.3 Å². The lowest BCUT2D eigenvalue weighted by Gasteiger charge is -2.35. The molecule has 0 saturated carbocycles. The summed E-state index contributed by atoms with van der Waals surface area (Å²) in [5, 5.41) is 0. The molecule has 2 heteroatoms. The molecule has 2 nitrogen and oxygen atoms in total. The molecule has 15 heavy (non-hydrogen) atoms. The fourth-order valence-corrected chi connectivity index (χ4v) is 2.35. The van der Waals surface area contributed by atoms with E-state index in [-0.39, 0.29) is 6.04 Å². The monoisotopic (exact) mass is 204 g/mol. The largest absolute Gasteiger partial charge is 0.327 e. The van der Waals surface area contributed by atoms with Gasteiger partial charge in [0.05, 0.1) is 0 Å². The van der Waals surface area contributed by atoms with Crippen molar-refractivity contribution in [3.63, 3.8) is 0 Å². The fourth-order valence-electron chi connectivity index (χ4n) is 2.35. The molecule has 2 N–H and O–H groups in total. The molecule has 1 aromatic rings. The van der Waals surface area contributed by atoms with Gasteiger partial charge in [-0.15, -0.1) is 0 Å². The SMILES string of the molecule is CC(N)CN1Cc2ccccc2CC1C. The minimum Gasteiger partial charge on any atom is -0.327 e. The highest BCUT2D eigenvalue weighted by Gasteiger charge is 2.22. The summed E-state index contributed by atoms with van der Waals surface area (Å²) in [4.78, 5) is 2.48. The average Bonchev–Trinajstić information content (AvgIpc) is 2.18. The maximum absolute atomic E-state index is 5.86. The lowest BCUT2D eigenvalue weighted by molar-refractivity contribution is 0.176. The van der Waals surface area contributed by atoms with E-state index in [4.69, 9.17) is 5.73 Å². The molecule has 1 aromatic carbocycles. The smallest absolute Gasteiger partial charge is 0.0240 e.